The number of nitrogens with zero attached hydrogens (tertiary/aromatic N) is 1. The first-order chi connectivity index (χ1) is 8.90. The van der Waals surface area contributed by atoms with Gasteiger partial charge in [0.25, 0.3) is 0 Å². The van der Waals surface area contributed by atoms with Crippen molar-refractivity contribution in [3.8, 4) is 11.8 Å². The van der Waals surface area contributed by atoms with Crippen molar-refractivity contribution in [3.63, 3.8) is 0 Å². The zero-order chi connectivity index (χ0) is 14.3. The maximum Gasteiger partial charge on any atom is 0.148 e. The maximum atomic E-state index is 11.1. The molecule has 0 radical (unpaired) electrons. The molecule has 0 aliphatic carbocycles. The van der Waals surface area contributed by atoms with Crippen molar-refractivity contribution in [2.24, 2.45) is 0 Å². The van der Waals surface area contributed by atoms with E-state index in [1.807, 2.05) is 24.1 Å². The van der Waals surface area contributed by atoms with Crippen LogP contribution in [0.2, 0.25) is 0 Å². The molecule has 0 saturated carbocycles. The van der Waals surface area contributed by atoms with Crippen LogP contribution in [0.15, 0.2) is 12.1 Å². The van der Waals surface area contributed by atoms with E-state index in [9.17, 15) is 8.42 Å². The van der Waals surface area contributed by atoms with E-state index in [1.54, 1.807) is 11.3 Å². The second-order valence-corrected chi connectivity index (χ2v) is 7.84. The van der Waals surface area contributed by atoms with E-state index < -0.39 is 9.84 Å². The normalized spacial score (nSPS) is 11.4. The van der Waals surface area contributed by atoms with Crippen LogP contribution < -0.4 is 0 Å². The van der Waals surface area contributed by atoms with Gasteiger partial charge in [0.2, 0.25) is 0 Å². The molecule has 0 aliphatic rings. The lowest BCUT2D eigenvalue weighted by Crippen LogP contribution is -2.24. The molecule has 0 bridgehead atoms. The highest BCUT2D eigenvalue weighted by molar-refractivity contribution is 7.90. The van der Waals surface area contributed by atoms with Crippen LogP contribution in [0.4, 0.5) is 0 Å². The zero-order valence-electron chi connectivity index (χ0n) is 11.2. The fourth-order valence-corrected chi connectivity index (χ4v) is 3.01. The largest absolute Gasteiger partial charge is 0.395 e. The van der Waals surface area contributed by atoms with E-state index in [1.165, 1.54) is 6.26 Å². The second kappa shape index (κ2) is 7.65. The monoisotopic (exact) mass is 301 g/mol. The van der Waals surface area contributed by atoms with E-state index in [2.05, 4.69) is 11.8 Å². The van der Waals surface area contributed by atoms with Crippen LogP contribution in [0.25, 0.3) is 0 Å². The maximum absolute atomic E-state index is 11.1. The molecule has 0 atom stereocenters. The van der Waals surface area contributed by atoms with Crippen molar-refractivity contribution >= 4 is 21.2 Å². The molecule has 0 spiro atoms. The summed E-state index contributed by atoms with van der Waals surface area (Å²) < 4.78 is 22.2. The predicted octanol–water partition coefficient (Wildman–Crippen LogP) is 0.958. The third-order valence-electron chi connectivity index (χ3n) is 2.38. The summed E-state index contributed by atoms with van der Waals surface area (Å²) in [7, 11) is -1.00. The summed E-state index contributed by atoms with van der Waals surface area (Å²) in [5.74, 6) is 6.05. The first-order valence-corrected chi connectivity index (χ1v) is 8.83. The first kappa shape index (κ1) is 16.2. The molecule has 1 aromatic heterocycles. The smallest absolute Gasteiger partial charge is 0.148 e. The highest BCUT2D eigenvalue weighted by atomic mass is 32.2. The molecule has 4 nitrogen and oxygen atoms in total. The molecule has 0 aromatic carbocycles. The summed E-state index contributed by atoms with van der Waals surface area (Å²) >= 11 is 1.60. The Balaban J connectivity index is 2.47. The molecule has 1 N–H and O–H groups in total. The van der Waals surface area contributed by atoms with Crippen LogP contribution in [0.5, 0.6) is 0 Å². The van der Waals surface area contributed by atoms with Gasteiger partial charge >= 0.3 is 0 Å². The fraction of sp³-hybridized carbons (Fsp3) is 0.538. The van der Waals surface area contributed by atoms with Gasteiger partial charge in [0.05, 0.1) is 17.2 Å². The van der Waals surface area contributed by atoms with Crippen molar-refractivity contribution in [3.05, 3.63) is 21.9 Å². The molecular weight excluding hydrogens is 282 g/mol. The van der Waals surface area contributed by atoms with Crippen LogP contribution in [-0.2, 0) is 16.4 Å². The fourth-order valence-electron chi connectivity index (χ4n) is 1.40. The highest BCUT2D eigenvalue weighted by Gasteiger charge is 2.07. The van der Waals surface area contributed by atoms with Gasteiger partial charge in [-0.05, 0) is 19.2 Å². The Morgan fingerprint density at radius 3 is 2.79 bits per heavy atom. The van der Waals surface area contributed by atoms with Crippen molar-refractivity contribution in [1.29, 1.82) is 0 Å². The van der Waals surface area contributed by atoms with E-state index in [4.69, 9.17) is 5.11 Å². The van der Waals surface area contributed by atoms with Gasteiger partial charge in [-0.1, -0.05) is 11.8 Å². The Morgan fingerprint density at radius 1 is 1.42 bits per heavy atom. The Kier molecular flexibility index (Phi) is 6.52. The minimum Gasteiger partial charge on any atom is -0.395 e. The first-order valence-electron chi connectivity index (χ1n) is 5.95. The van der Waals surface area contributed by atoms with Crippen molar-refractivity contribution < 1.29 is 13.5 Å². The SMILES string of the molecule is CN(CCS(C)(=O)=O)Cc1ccc(C#CCCO)s1. The third-order valence-corrected chi connectivity index (χ3v) is 4.29. The van der Waals surface area contributed by atoms with E-state index in [0.717, 1.165) is 16.3 Å². The summed E-state index contributed by atoms with van der Waals surface area (Å²) in [6, 6.07) is 3.96. The number of hydrogen-bond acceptors (Lipinski definition) is 5. The Bertz CT molecular complexity index is 552. The second-order valence-electron chi connectivity index (χ2n) is 4.41. The summed E-state index contributed by atoms with van der Waals surface area (Å²) in [6.07, 6.45) is 1.74. The topological polar surface area (TPSA) is 57.6 Å². The third kappa shape index (κ3) is 7.33. The standard InChI is InChI=1S/C13H19NO3S2/c1-14(8-10-19(2,16)17)11-13-7-6-12(18-13)5-3-4-9-15/h6-7,15H,4,8-11H2,1-2H3. The van der Waals surface area contributed by atoms with Crippen LogP contribution in [0.1, 0.15) is 16.2 Å². The van der Waals surface area contributed by atoms with Gasteiger partial charge in [-0.2, -0.15) is 0 Å². The minimum absolute atomic E-state index is 0.0828. The molecule has 0 aliphatic heterocycles. The zero-order valence-corrected chi connectivity index (χ0v) is 12.9. The van der Waals surface area contributed by atoms with Gasteiger partial charge in [0.1, 0.15) is 9.84 Å². The van der Waals surface area contributed by atoms with E-state index >= 15 is 0 Å². The summed E-state index contributed by atoms with van der Waals surface area (Å²) in [4.78, 5) is 4.11. The molecule has 106 valence electrons. The molecule has 0 amide bonds. The molecule has 0 fully saturated rings. The minimum atomic E-state index is -2.91. The molecule has 19 heavy (non-hydrogen) atoms. The lowest BCUT2D eigenvalue weighted by Gasteiger charge is -2.14. The Hall–Kier alpha value is -0.870. The van der Waals surface area contributed by atoms with E-state index in [0.29, 0.717) is 13.0 Å². The molecule has 1 rings (SSSR count). The molecule has 0 saturated heterocycles. The number of hydrogen-bond donors (Lipinski definition) is 1. The van der Waals surface area contributed by atoms with Gasteiger partial charge in [-0.25, -0.2) is 8.42 Å². The predicted molar refractivity (Wildman–Crippen MR) is 78.9 cm³/mol. The number of sulfone groups is 1. The average molecular weight is 301 g/mol. The number of rotatable bonds is 6. The number of aliphatic hydroxyl groups excluding tert-OH is 1. The van der Waals surface area contributed by atoms with Crippen molar-refractivity contribution in [2.45, 2.75) is 13.0 Å². The quantitative estimate of drug-likeness (QED) is 0.795. The Morgan fingerprint density at radius 2 is 2.16 bits per heavy atom. The van der Waals surface area contributed by atoms with Crippen LogP contribution in [0.3, 0.4) is 0 Å². The number of aliphatic hydroxyl groups is 1. The highest BCUT2D eigenvalue weighted by Crippen LogP contribution is 2.16. The summed E-state index contributed by atoms with van der Waals surface area (Å²) in [5.41, 5.74) is 0. The lowest BCUT2D eigenvalue weighted by molar-refractivity contribution is 0.305. The Labute approximate surface area is 119 Å². The summed E-state index contributed by atoms with van der Waals surface area (Å²) in [6.45, 7) is 1.34. The van der Waals surface area contributed by atoms with Crippen LogP contribution >= 0.6 is 11.3 Å². The molecular formula is C13H19NO3S2. The van der Waals surface area contributed by atoms with Crippen LogP contribution in [-0.4, -0.2) is 50.6 Å². The molecule has 6 heteroatoms. The average Bonchev–Trinajstić information content (AvgIpc) is 2.74. The summed E-state index contributed by atoms with van der Waals surface area (Å²) in [5, 5.41) is 8.64. The van der Waals surface area contributed by atoms with Gasteiger partial charge in [0.15, 0.2) is 0 Å². The van der Waals surface area contributed by atoms with Gasteiger partial charge in [-0.3, -0.25) is 0 Å². The molecule has 1 heterocycles. The van der Waals surface area contributed by atoms with Gasteiger partial charge < -0.3 is 10.0 Å². The molecule has 1 aromatic rings. The van der Waals surface area contributed by atoms with Crippen molar-refractivity contribution in [1.82, 2.24) is 4.90 Å². The van der Waals surface area contributed by atoms with Gasteiger partial charge in [0, 0.05) is 30.6 Å². The lowest BCUT2D eigenvalue weighted by atomic mass is 10.4. The van der Waals surface area contributed by atoms with Crippen LogP contribution in [0, 0.1) is 11.8 Å². The van der Waals surface area contributed by atoms with E-state index in [-0.39, 0.29) is 12.4 Å². The number of thiophene rings is 1. The molecule has 0 unspecified atom stereocenters. The van der Waals surface area contributed by atoms with Crippen molar-refractivity contribution in [2.75, 3.05) is 32.2 Å². The van der Waals surface area contributed by atoms with Gasteiger partial charge in [-0.15, -0.1) is 11.3 Å².